The predicted octanol–water partition coefficient (Wildman–Crippen LogP) is 3.25. The van der Waals surface area contributed by atoms with Gasteiger partial charge in [-0.05, 0) is 16.4 Å². The number of carbonyl (C=O) groups is 1. The van der Waals surface area contributed by atoms with Crippen LogP contribution in [0.1, 0.15) is 71.1 Å². The van der Waals surface area contributed by atoms with Crippen LogP contribution >= 0.6 is 0 Å². The van der Waals surface area contributed by atoms with E-state index >= 15 is 0 Å². The minimum Gasteiger partial charge on any atom is -0.496 e. The van der Waals surface area contributed by atoms with Crippen LogP contribution in [-0.2, 0) is 15.6 Å². The molecule has 0 aliphatic heterocycles. The molecule has 24 heavy (non-hydrogen) atoms. The standard InChI is InChI=1S/C20H34N2O2/c1-12(17(23)16(22)11-21)14-9-13(19(2,3)4)10-15(18(14)24-8)20(5,6)7/h9-10,12,16H,11,21-22H2,1-8H3. The molecule has 0 aliphatic rings. The summed E-state index contributed by atoms with van der Waals surface area (Å²) < 4.78 is 5.73. The lowest BCUT2D eigenvalue weighted by Gasteiger charge is -2.30. The van der Waals surface area contributed by atoms with Crippen molar-refractivity contribution >= 4 is 5.78 Å². The first-order chi connectivity index (χ1) is 10.8. The molecule has 0 aromatic heterocycles. The summed E-state index contributed by atoms with van der Waals surface area (Å²) in [5.41, 5.74) is 14.5. The molecule has 0 spiro atoms. The molecule has 2 atom stereocenters. The Morgan fingerprint density at radius 3 is 2.04 bits per heavy atom. The normalized spacial score (nSPS) is 15.1. The lowest BCUT2D eigenvalue weighted by Crippen LogP contribution is -2.40. The van der Waals surface area contributed by atoms with Gasteiger partial charge in [0.05, 0.1) is 13.2 Å². The fourth-order valence-electron chi connectivity index (χ4n) is 2.78. The third-order valence-electron chi connectivity index (χ3n) is 4.51. The average Bonchev–Trinajstić information content (AvgIpc) is 2.49. The molecule has 136 valence electrons. The minimum absolute atomic E-state index is 0.0280. The van der Waals surface area contributed by atoms with Gasteiger partial charge in [-0.2, -0.15) is 0 Å². The van der Waals surface area contributed by atoms with Crippen molar-refractivity contribution in [2.24, 2.45) is 11.5 Å². The van der Waals surface area contributed by atoms with Crippen molar-refractivity contribution < 1.29 is 9.53 Å². The Hall–Kier alpha value is -1.39. The van der Waals surface area contributed by atoms with Crippen molar-refractivity contribution in [2.45, 2.75) is 71.3 Å². The summed E-state index contributed by atoms with van der Waals surface area (Å²) >= 11 is 0. The number of carbonyl (C=O) groups excluding carboxylic acids is 1. The van der Waals surface area contributed by atoms with Crippen molar-refractivity contribution in [3.8, 4) is 5.75 Å². The third kappa shape index (κ3) is 4.37. The Labute approximate surface area is 146 Å². The summed E-state index contributed by atoms with van der Waals surface area (Å²) in [7, 11) is 1.66. The van der Waals surface area contributed by atoms with Gasteiger partial charge in [-0.3, -0.25) is 4.79 Å². The van der Waals surface area contributed by atoms with Crippen molar-refractivity contribution in [1.82, 2.24) is 0 Å². The van der Waals surface area contributed by atoms with Gasteiger partial charge in [0.1, 0.15) is 5.75 Å². The van der Waals surface area contributed by atoms with Gasteiger partial charge in [0.15, 0.2) is 5.78 Å². The molecule has 2 unspecified atom stereocenters. The summed E-state index contributed by atoms with van der Waals surface area (Å²) in [6.45, 7) is 15.0. The zero-order valence-electron chi connectivity index (χ0n) is 16.5. The van der Waals surface area contributed by atoms with Crippen LogP contribution in [0.2, 0.25) is 0 Å². The van der Waals surface area contributed by atoms with Gasteiger partial charge in [-0.1, -0.05) is 60.6 Å². The van der Waals surface area contributed by atoms with Gasteiger partial charge in [-0.15, -0.1) is 0 Å². The van der Waals surface area contributed by atoms with E-state index in [1.54, 1.807) is 7.11 Å². The first-order valence-corrected chi connectivity index (χ1v) is 8.56. The maximum absolute atomic E-state index is 12.6. The summed E-state index contributed by atoms with van der Waals surface area (Å²) in [4.78, 5) is 12.6. The SMILES string of the molecule is COc1c(C(C)C(=O)C(N)CN)cc(C(C)(C)C)cc1C(C)(C)C. The molecule has 0 fully saturated rings. The fourth-order valence-corrected chi connectivity index (χ4v) is 2.78. The van der Waals surface area contributed by atoms with E-state index in [9.17, 15) is 4.79 Å². The van der Waals surface area contributed by atoms with Crippen LogP contribution in [-0.4, -0.2) is 25.5 Å². The molecule has 4 nitrogen and oxygen atoms in total. The number of rotatable bonds is 5. The van der Waals surface area contributed by atoms with Crippen LogP contribution in [0.15, 0.2) is 12.1 Å². The Morgan fingerprint density at radius 1 is 1.12 bits per heavy atom. The Balaban J connectivity index is 3.66. The number of ether oxygens (including phenoxy) is 1. The van der Waals surface area contributed by atoms with Crippen LogP contribution in [0.25, 0.3) is 0 Å². The number of ketones is 1. The minimum atomic E-state index is -0.652. The second-order valence-electron chi connectivity index (χ2n) is 8.61. The zero-order chi connectivity index (χ0) is 18.9. The quantitative estimate of drug-likeness (QED) is 0.866. The van der Waals surface area contributed by atoms with Gasteiger partial charge in [0.2, 0.25) is 0 Å². The highest BCUT2D eigenvalue weighted by molar-refractivity contribution is 5.91. The first kappa shape index (κ1) is 20.7. The van der Waals surface area contributed by atoms with Crippen molar-refractivity contribution in [1.29, 1.82) is 0 Å². The Kier molecular flexibility index (Phi) is 6.23. The van der Waals surface area contributed by atoms with E-state index in [-0.39, 0.29) is 29.1 Å². The number of benzene rings is 1. The molecule has 1 aromatic carbocycles. The summed E-state index contributed by atoms with van der Waals surface area (Å²) in [6.07, 6.45) is 0. The smallest absolute Gasteiger partial charge is 0.158 e. The summed E-state index contributed by atoms with van der Waals surface area (Å²) in [5, 5.41) is 0. The number of hydrogen-bond acceptors (Lipinski definition) is 4. The van der Waals surface area contributed by atoms with Gasteiger partial charge in [0.25, 0.3) is 0 Å². The van der Waals surface area contributed by atoms with Gasteiger partial charge in [-0.25, -0.2) is 0 Å². The number of hydrogen-bond donors (Lipinski definition) is 2. The van der Waals surface area contributed by atoms with E-state index in [0.29, 0.717) is 0 Å². The van der Waals surface area contributed by atoms with Crippen molar-refractivity contribution in [3.05, 3.63) is 28.8 Å². The molecule has 4 N–H and O–H groups in total. The van der Waals surface area contributed by atoms with E-state index in [0.717, 1.165) is 16.9 Å². The molecule has 0 amide bonds. The van der Waals surface area contributed by atoms with E-state index in [1.165, 1.54) is 5.56 Å². The molecule has 1 aromatic rings. The Morgan fingerprint density at radius 2 is 1.67 bits per heavy atom. The molecule has 0 saturated heterocycles. The Bertz CT molecular complexity index is 595. The molecule has 0 heterocycles. The highest BCUT2D eigenvalue weighted by Gasteiger charge is 2.30. The van der Waals surface area contributed by atoms with E-state index in [4.69, 9.17) is 16.2 Å². The maximum Gasteiger partial charge on any atom is 0.158 e. The molecule has 1 rings (SSSR count). The first-order valence-electron chi connectivity index (χ1n) is 8.56. The van der Waals surface area contributed by atoms with E-state index in [1.807, 2.05) is 6.92 Å². The molecule has 0 bridgehead atoms. The highest BCUT2D eigenvalue weighted by Crippen LogP contribution is 2.41. The highest BCUT2D eigenvalue weighted by atomic mass is 16.5. The average molecular weight is 335 g/mol. The molecular weight excluding hydrogens is 300 g/mol. The van der Waals surface area contributed by atoms with Crippen LogP contribution in [0.5, 0.6) is 5.75 Å². The van der Waals surface area contributed by atoms with Gasteiger partial charge < -0.3 is 16.2 Å². The van der Waals surface area contributed by atoms with Crippen LogP contribution < -0.4 is 16.2 Å². The molecule has 0 radical (unpaired) electrons. The lowest BCUT2D eigenvalue weighted by molar-refractivity contribution is -0.121. The summed E-state index contributed by atoms with van der Waals surface area (Å²) in [5.74, 6) is 0.365. The summed E-state index contributed by atoms with van der Waals surface area (Å²) in [6, 6.07) is 3.63. The van der Waals surface area contributed by atoms with Gasteiger partial charge in [0, 0.05) is 23.6 Å². The second kappa shape index (κ2) is 7.24. The predicted molar refractivity (Wildman–Crippen MR) is 101 cm³/mol. The molecular formula is C20H34N2O2. The van der Waals surface area contributed by atoms with Crippen LogP contribution in [0, 0.1) is 0 Å². The van der Waals surface area contributed by atoms with Crippen molar-refractivity contribution in [3.63, 3.8) is 0 Å². The zero-order valence-corrected chi connectivity index (χ0v) is 16.5. The third-order valence-corrected chi connectivity index (χ3v) is 4.51. The largest absolute Gasteiger partial charge is 0.496 e. The molecule has 0 saturated carbocycles. The van der Waals surface area contributed by atoms with E-state index in [2.05, 4.69) is 53.7 Å². The number of nitrogens with two attached hydrogens (primary N) is 2. The molecule has 0 aliphatic carbocycles. The maximum atomic E-state index is 12.6. The lowest BCUT2D eigenvalue weighted by atomic mass is 9.76. The number of methoxy groups -OCH3 is 1. The fraction of sp³-hybridized carbons (Fsp3) is 0.650. The molecule has 4 heteroatoms. The van der Waals surface area contributed by atoms with Crippen LogP contribution in [0.4, 0.5) is 0 Å². The number of Topliss-reactive ketones (excluding diaryl/α,β-unsaturated/α-hetero) is 1. The topological polar surface area (TPSA) is 78.3 Å². The second-order valence-corrected chi connectivity index (χ2v) is 8.61. The van der Waals surface area contributed by atoms with Crippen molar-refractivity contribution in [2.75, 3.05) is 13.7 Å². The monoisotopic (exact) mass is 334 g/mol. The van der Waals surface area contributed by atoms with E-state index < -0.39 is 6.04 Å². The van der Waals surface area contributed by atoms with Gasteiger partial charge >= 0.3 is 0 Å². The van der Waals surface area contributed by atoms with Crippen LogP contribution in [0.3, 0.4) is 0 Å².